The summed E-state index contributed by atoms with van der Waals surface area (Å²) >= 11 is 0. The average molecular weight is 422 g/mol. The van der Waals surface area contributed by atoms with Crippen molar-refractivity contribution in [2.75, 3.05) is 36.4 Å². The van der Waals surface area contributed by atoms with Crippen molar-refractivity contribution in [2.45, 2.75) is 46.4 Å². The Balaban J connectivity index is 2.53. The third-order valence-electron chi connectivity index (χ3n) is 4.95. The van der Waals surface area contributed by atoms with Gasteiger partial charge in [0, 0.05) is 26.2 Å². The van der Waals surface area contributed by atoms with Crippen LogP contribution < -0.4 is 10.2 Å². The number of hydrogen-bond acceptors (Lipinski definition) is 5. The lowest BCUT2D eigenvalue weighted by atomic mass is 10.2. The van der Waals surface area contributed by atoms with Gasteiger partial charge in [0.15, 0.2) is 0 Å². The van der Waals surface area contributed by atoms with Gasteiger partial charge in [0.25, 0.3) is 5.91 Å². The molecule has 0 aliphatic carbocycles. The second-order valence-corrected chi connectivity index (χ2v) is 8.66. The van der Waals surface area contributed by atoms with E-state index in [1.54, 1.807) is 52.0 Å². The molecule has 0 radical (unpaired) electrons. The highest BCUT2D eigenvalue weighted by Crippen LogP contribution is 2.31. The van der Waals surface area contributed by atoms with Gasteiger partial charge in [-0.05, 0) is 52.0 Å². The maximum atomic E-state index is 13.0. The number of rotatable bonds is 9. The zero-order valence-corrected chi connectivity index (χ0v) is 18.9. The Morgan fingerprint density at radius 3 is 2.10 bits per heavy atom. The Hall–Kier alpha value is -2.32. The van der Waals surface area contributed by atoms with Crippen molar-refractivity contribution in [3.05, 3.63) is 41.3 Å². The van der Waals surface area contributed by atoms with Gasteiger partial charge >= 0.3 is 0 Å². The molecule has 0 aliphatic heterocycles. The van der Waals surface area contributed by atoms with E-state index in [4.69, 9.17) is 4.42 Å². The van der Waals surface area contributed by atoms with Crippen LogP contribution in [0.15, 0.2) is 33.6 Å². The lowest BCUT2D eigenvalue weighted by molar-refractivity contribution is 0.102. The standard InChI is InChI=1S/C21H31N3O4S/c1-7-23(8-2)20-12-11-17(29(26,27)24(9-3)10-4)14-19(20)22-21(25)18-13-15(5)28-16(18)6/h11-14H,7-10H2,1-6H3,(H,22,25). The van der Waals surface area contributed by atoms with E-state index in [1.165, 1.54) is 4.31 Å². The molecule has 29 heavy (non-hydrogen) atoms. The number of aryl methyl sites for hydroxylation is 2. The second-order valence-electron chi connectivity index (χ2n) is 6.72. The summed E-state index contributed by atoms with van der Waals surface area (Å²) in [6, 6.07) is 6.58. The minimum atomic E-state index is -3.64. The number of carbonyl (C=O) groups is 1. The van der Waals surface area contributed by atoms with E-state index in [1.807, 2.05) is 13.8 Å². The van der Waals surface area contributed by atoms with E-state index in [-0.39, 0.29) is 10.8 Å². The molecular weight excluding hydrogens is 390 g/mol. The summed E-state index contributed by atoms with van der Waals surface area (Å²) in [7, 11) is -3.64. The maximum absolute atomic E-state index is 13.0. The molecule has 1 aromatic carbocycles. The molecule has 8 heteroatoms. The van der Waals surface area contributed by atoms with Gasteiger partial charge in [-0.25, -0.2) is 8.42 Å². The molecule has 0 saturated carbocycles. The zero-order chi connectivity index (χ0) is 21.8. The van der Waals surface area contributed by atoms with Crippen molar-refractivity contribution in [3.63, 3.8) is 0 Å². The van der Waals surface area contributed by atoms with Crippen LogP contribution in [0, 0.1) is 13.8 Å². The first-order valence-corrected chi connectivity index (χ1v) is 11.4. The van der Waals surface area contributed by atoms with Crippen LogP contribution in [-0.2, 0) is 10.0 Å². The van der Waals surface area contributed by atoms with Crippen molar-refractivity contribution >= 4 is 27.3 Å². The van der Waals surface area contributed by atoms with Crippen LogP contribution in [0.4, 0.5) is 11.4 Å². The number of nitrogens with zero attached hydrogens (tertiary/aromatic N) is 2. The van der Waals surface area contributed by atoms with Crippen molar-refractivity contribution in [2.24, 2.45) is 0 Å². The minimum absolute atomic E-state index is 0.160. The number of sulfonamides is 1. The second kappa shape index (κ2) is 9.45. The van der Waals surface area contributed by atoms with E-state index in [9.17, 15) is 13.2 Å². The first-order chi connectivity index (χ1) is 13.7. The van der Waals surface area contributed by atoms with E-state index < -0.39 is 10.0 Å². The normalized spacial score (nSPS) is 11.7. The third kappa shape index (κ3) is 4.82. The SMILES string of the molecule is CCN(CC)c1ccc(S(=O)(=O)N(CC)CC)cc1NC(=O)c1cc(C)oc1C. The molecule has 1 heterocycles. The summed E-state index contributed by atoms with van der Waals surface area (Å²) in [5, 5.41) is 2.89. The largest absolute Gasteiger partial charge is 0.466 e. The number of carbonyl (C=O) groups excluding carboxylic acids is 1. The van der Waals surface area contributed by atoms with Gasteiger partial charge < -0.3 is 14.6 Å². The fourth-order valence-corrected chi connectivity index (χ4v) is 4.86. The summed E-state index contributed by atoms with van der Waals surface area (Å²) in [5.74, 6) is 0.843. The van der Waals surface area contributed by atoms with Crippen LogP contribution in [0.5, 0.6) is 0 Å². The van der Waals surface area contributed by atoms with Crippen molar-refractivity contribution in [3.8, 4) is 0 Å². The summed E-state index contributed by atoms with van der Waals surface area (Å²) in [6.07, 6.45) is 0. The van der Waals surface area contributed by atoms with E-state index in [0.29, 0.717) is 35.9 Å². The van der Waals surface area contributed by atoms with Crippen molar-refractivity contribution in [1.82, 2.24) is 4.31 Å². The molecule has 0 unspecified atom stereocenters. The predicted molar refractivity (Wildman–Crippen MR) is 116 cm³/mol. The van der Waals surface area contributed by atoms with E-state index in [0.717, 1.165) is 18.8 Å². The van der Waals surface area contributed by atoms with Crippen LogP contribution in [0.25, 0.3) is 0 Å². The van der Waals surface area contributed by atoms with Gasteiger partial charge in [-0.1, -0.05) is 13.8 Å². The number of hydrogen-bond donors (Lipinski definition) is 1. The average Bonchev–Trinajstić information content (AvgIpc) is 3.02. The van der Waals surface area contributed by atoms with Crippen LogP contribution in [0.2, 0.25) is 0 Å². The summed E-state index contributed by atoms with van der Waals surface area (Å²) in [4.78, 5) is 15.1. The number of nitrogens with one attached hydrogen (secondary N) is 1. The smallest absolute Gasteiger partial charge is 0.259 e. The van der Waals surface area contributed by atoms with Gasteiger partial charge in [0.1, 0.15) is 11.5 Å². The Bertz CT molecular complexity index is 958. The molecular formula is C21H31N3O4S. The number of amides is 1. The van der Waals surface area contributed by atoms with Gasteiger partial charge in [-0.3, -0.25) is 4.79 Å². The van der Waals surface area contributed by atoms with Crippen LogP contribution in [-0.4, -0.2) is 44.8 Å². The van der Waals surface area contributed by atoms with Crippen LogP contribution in [0.3, 0.4) is 0 Å². The lowest BCUT2D eigenvalue weighted by Crippen LogP contribution is -2.31. The van der Waals surface area contributed by atoms with Gasteiger partial charge in [-0.15, -0.1) is 0 Å². The molecule has 0 saturated heterocycles. The molecule has 0 bridgehead atoms. The molecule has 0 atom stereocenters. The molecule has 2 rings (SSSR count). The molecule has 0 fully saturated rings. The topological polar surface area (TPSA) is 82.9 Å². The molecule has 2 aromatic rings. The molecule has 1 N–H and O–H groups in total. The summed E-state index contributed by atoms with van der Waals surface area (Å²) in [6.45, 7) is 13.4. The Kier molecular flexibility index (Phi) is 7.48. The van der Waals surface area contributed by atoms with Gasteiger partial charge in [0.05, 0.1) is 21.8 Å². The fraction of sp³-hybridized carbons (Fsp3) is 0.476. The van der Waals surface area contributed by atoms with Crippen LogP contribution >= 0.6 is 0 Å². The predicted octanol–water partition coefficient (Wildman–Crippen LogP) is 4.03. The molecule has 7 nitrogen and oxygen atoms in total. The molecule has 1 aromatic heterocycles. The highest BCUT2D eigenvalue weighted by molar-refractivity contribution is 7.89. The summed E-state index contributed by atoms with van der Waals surface area (Å²) < 4.78 is 32.8. The molecule has 1 amide bonds. The van der Waals surface area contributed by atoms with Gasteiger partial charge in [-0.2, -0.15) is 4.31 Å². The number of benzene rings is 1. The first-order valence-electron chi connectivity index (χ1n) is 9.96. The maximum Gasteiger partial charge on any atom is 0.259 e. The Labute approximate surface area is 173 Å². The third-order valence-corrected chi connectivity index (χ3v) is 7.00. The Morgan fingerprint density at radius 1 is 1.00 bits per heavy atom. The number of furan rings is 1. The van der Waals surface area contributed by atoms with Crippen LogP contribution in [0.1, 0.15) is 49.6 Å². The quantitative estimate of drug-likeness (QED) is 0.661. The zero-order valence-electron chi connectivity index (χ0n) is 18.1. The minimum Gasteiger partial charge on any atom is -0.466 e. The van der Waals surface area contributed by atoms with E-state index in [2.05, 4.69) is 10.2 Å². The lowest BCUT2D eigenvalue weighted by Gasteiger charge is -2.25. The highest BCUT2D eigenvalue weighted by atomic mass is 32.2. The fourth-order valence-electron chi connectivity index (χ4n) is 3.37. The van der Waals surface area contributed by atoms with E-state index >= 15 is 0 Å². The summed E-state index contributed by atoms with van der Waals surface area (Å²) in [5.41, 5.74) is 1.68. The molecule has 0 aliphatic rings. The monoisotopic (exact) mass is 421 g/mol. The van der Waals surface area contributed by atoms with Crippen molar-refractivity contribution < 1.29 is 17.6 Å². The Morgan fingerprint density at radius 2 is 1.62 bits per heavy atom. The number of anilines is 2. The molecule has 160 valence electrons. The van der Waals surface area contributed by atoms with Crippen molar-refractivity contribution in [1.29, 1.82) is 0 Å². The van der Waals surface area contributed by atoms with Gasteiger partial charge in [0.2, 0.25) is 10.0 Å². The highest BCUT2D eigenvalue weighted by Gasteiger charge is 2.24. The molecule has 0 spiro atoms. The first kappa shape index (κ1) is 23.0.